The number of hydrogen-bond acceptors (Lipinski definition) is 5. The van der Waals surface area contributed by atoms with Crippen LogP contribution in [0.15, 0.2) is 12.3 Å². The van der Waals surface area contributed by atoms with Gasteiger partial charge >= 0.3 is 0 Å². The molecule has 94 valence electrons. The van der Waals surface area contributed by atoms with Crippen LogP contribution in [-0.4, -0.2) is 43.2 Å². The second-order valence-corrected chi connectivity index (χ2v) is 4.28. The third-order valence-electron chi connectivity index (χ3n) is 3.05. The Morgan fingerprint density at radius 2 is 2.29 bits per heavy atom. The van der Waals surface area contributed by atoms with E-state index < -0.39 is 0 Å². The highest BCUT2D eigenvalue weighted by Crippen LogP contribution is 2.30. The van der Waals surface area contributed by atoms with Crippen molar-refractivity contribution in [3.05, 3.63) is 18.0 Å². The van der Waals surface area contributed by atoms with Gasteiger partial charge in [0.05, 0.1) is 14.2 Å². The van der Waals surface area contributed by atoms with Crippen molar-refractivity contribution in [2.75, 3.05) is 27.3 Å². The van der Waals surface area contributed by atoms with Gasteiger partial charge in [0.15, 0.2) is 11.5 Å². The molecule has 0 aliphatic carbocycles. The normalized spacial score (nSPS) is 20.5. The highest BCUT2D eigenvalue weighted by Gasteiger charge is 2.21. The summed E-state index contributed by atoms with van der Waals surface area (Å²) >= 11 is 0. The molecule has 0 unspecified atom stereocenters. The van der Waals surface area contributed by atoms with Crippen LogP contribution in [-0.2, 0) is 6.54 Å². The van der Waals surface area contributed by atoms with Crippen LogP contribution in [0.3, 0.4) is 0 Å². The number of nitrogens with two attached hydrogens (primary N) is 1. The monoisotopic (exact) mass is 237 g/mol. The van der Waals surface area contributed by atoms with Gasteiger partial charge in [0, 0.05) is 37.9 Å². The molecular formula is C12H19N3O2. The van der Waals surface area contributed by atoms with Gasteiger partial charge in [-0.2, -0.15) is 0 Å². The third-order valence-corrected chi connectivity index (χ3v) is 3.05. The fourth-order valence-electron chi connectivity index (χ4n) is 2.18. The maximum atomic E-state index is 5.89. The molecule has 1 aromatic heterocycles. The molecule has 5 heteroatoms. The van der Waals surface area contributed by atoms with Crippen LogP contribution in [0.25, 0.3) is 0 Å². The lowest BCUT2D eigenvalue weighted by Gasteiger charge is -2.17. The molecule has 1 saturated heterocycles. The van der Waals surface area contributed by atoms with Crippen LogP contribution >= 0.6 is 0 Å². The number of methoxy groups -OCH3 is 2. The SMILES string of the molecule is COc1ccnc(CN2CC[C@H](N)C2)c1OC. The van der Waals surface area contributed by atoms with Crippen LogP contribution in [0.1, 0.15) is 12.1 Å². The Morgan fingerprint density at radius 3 is 2.88 bits per heavy atom. The largest absolute Gasteiger partial charge is 0.493 e. The van der Waals surface area contributed by atoms with Gasteiger partial charge in [0.2, 0.25) is 0 Å². The summed E-state index contributed by atoms with van der Waals surface area (Å²) in [5.74, 6) is 1.44. The van der Waals surface area contributed by atoms with E-state index in [4.69, 9.17) is 15.2 Å². The summed E-state index contributed by atoms with van der Waals surface area (Å²) in [7, 11) is 3.27. The molecule has 1 aromatic rings. The Kier molecular flexibility index (Phi) is 3.81. The van der Waals surface area contributed by atoms with Crippen molar-refractivity contribution in [2.45, 2.75) is 19.0 Å². The maximum Gasteiger partial charge on any atom is 0.183 e. The summed E-state index contributed by atoms with van der Waals surface area (Å²) in [6.07, 6.45) is 2.79. The number of aromatic nitrogens is 1. The van der Waals surface area contributed by atoms with Crippen LogP contribution in [0.4, 0.5) is 0 Å². The molecule has 2 heterocycles. The number of ether oxygens (including phenoxy) is 2. The van der Waals surface area contributed by atoms with E-state index in [9.17, 15) is 0 Å². The zero-order valence-electron chi connectivity index (χ0n) is 10.3. The number of nitrogens with zero attached hydrogens (tertiary/aromatic N) is 2. The molecular weight excluding hydrogens is 218 g/mol. The summed E-state index contributed by atoms with van der Waals surface area (Å²) in [5, 5.41) is 0. The zero-order valence-corrected chi connectivity index (χ0v) is 10.3. The average Bonchev–Trinajstić information content (AvgIpc) is 2.74. The van der Waals surface area contributed by atoms with Crippen LogP contribution in [0, 0.1) is 0 Å². The molecule has 17 heavy (non-hydrogen) atoms. The van der Waals surface area contributed by atoms with Crippen molar-refractivity contribution in [2.24, 2.45) is 5.73 Å². The highest BCUT2D eigenvalue weighted by molar-refractivity contribution is 5.42. The van der Waals surface area contributed by atoms with Gasteiger partial charge in [-0.3, -0.25) is 9.88 Å². The second kappa shape index (κ2) is 5.33. The average molecular weight is 237 g/mol. The van der Waals surface area contributed by atoms with E-state index in [-0.39, 0.29) is 6.04 Å². The van der Waals surface area contributed by atoms with Crippen molar-refractivity contribution in [3.63, 3.8) is 0 Å². The van der Waals surface area contributed by atoms with E-state index in [0.29, 0.717) is 0 Å². The molecule has 0 amide bonds. The minimum atomic E-state index is 0.284. The predicted octanol–water partition coefficient (Wildman–Crippen LogP) is 0.632. The van der Waals surface area contributed by atoms with Crippen molar-refractivity contribution >= 4 is 0 Å². The highest BCUT2D eigenvalue weighted by atomic mass is 16.5. The van der Waals surface area contributed by atoms with E-state index in [1.807, 2.05) is 0 Å². The van der Waals surface area contributed by atoms with Crippen molar-refractivity contribution in [1.29, 1.82) is 0 Å². The van der Waals surface area contributed by atoms with Crippen molar-refractivity contribution in [1.82, 2.24) is 9.88 Å². The molecule has 0 spiro atoms. The molecule has 1 aliphatic heterocycles. The van der Waals surface area contributed by atoms with Crippen molar-refractivity contribution in [3.8, 4) is 11.5 Å². The summed E-state index contributed by atoms with van der Waals surface area (Å²) in [4.78, 5) is 6.65. The summed E-state index contributed by atoms with van der Waals surface area (Å²) in [5.41, 5.74) is 6.79. The Hall–Kier alpha value is -1.33. The van der Waals surface area contributed by atoms with Crippen LogP contribution < -0.4 is 15.2 Å². The van der Waals surface area contributed by atoms with E-state index in [2.05, 4.69) is 9.88 Å². The van der Waals surface area contributed by atoms with E-state index in [1.54, 1.807) is 26.5 Å². The van der Waals surface area contributed by atoms with Crippen LogP contribution in [0.5, 0.6) is 11.5 Å². The van der Waals surface area contributed by atoms with E-state index >= 15 is 0 Å². The Balaban J connectivity index is 2.14. The Morgan fingerprint density at radius 1 is 1.47 bits per heavy atom. The summed E-state index contributed by atoms with van der Waals surface area (Å²) < 4.78 is 10.6. The zero-order chi connectivity index (χ0) is 12.3. The lowest BCUT2D eigenvalue weighted by Crippen LogP contribution is -2.26. The number of pyridine rings is 1. The predicted molar refractivity (Wildman–Crippen MR) is 65.2 cm³/mol. The molecule has 0 aromatic carbocycles. The van der Waals surface area contributed by atoms with Gasteiger partial charge in [-0.25, -0.2) is 0 Å². The fraction of sp³-hybridized carbons (Fsp3) is 0.583. The minimum absolute atomic E-state index is 0.284. The van der Waals surface area contributed by atoms with Gasteiger partial charge in [-0.15, -0.1) is 0 Å². The first-order chi connectivity index (χ1) is 8.24. The number of hydrogen-bond donors (Lipinski definition) is 1. The second-order valence-electron chi connectivity index (χ2n) is 4.28. The molecule has 1 atom stereocenters. The maximum absolute atomic E-state index is 5.89. The molecule has 0 saturated carbocycles. The molecule has 0 radical (unpaired) electrons. The first kappa shape index (κ1) is 12.1. The van der Waals surface area contributed by atoms with Gasteiger partial charge in [0.25, 0.3) is 0 Å². The van der Waals surface area contributed by atoms with Gasteiger partial charge in [-0.1, -0.05) is 0 Å². The van der Waals surface area contributed by atoms with E-state index in [0.717, 1.165) is 43.2 Å². The lowest BCUT2D eigenvalue weighted by molar-refractivity contribution is 0.303. The molecule has 0 bridgehead atoms. The number of likely N-dealkylation sites (tertiary alicyclic amines) is 1. The molecule has 5 nitrogen and oxygen atoms in total. The first-order valence-corrected chi connectivity index (χ1v) is 5.78. The molecule has 1 fully saturated rings. The third kappa shape index (κ3) is 2.68. The molecule has 2 rings (SSSR count). The quantitative estimate of drug-likeness (QED) is 0.832. The van der Waals surface area contributed by atoms with E-state index in [1.165, 1.54) is 0 Å². The standard InChI is InChI=1S/C12H19N3O2/c1-16-11-3-5-14-10(12(11)17-2)8-15-6-4-9(13)7-15/h3,5,9H,4,6-8,13H2,1-2H3/t9-/m0/s1. The van der Waals surface area contributed by atoms with Gasteiger partial charge in [0.1, 0.15) is 5.69 Å². The smallest absolute Gasteiger partial charge is 0.183 e. The van der Waals surface area contributed by atoms with Crippen LogP contribution in [0.2, 0.25) is 0 Å². The Labute approximate surface area is 102 Å². The minimum Gasteiger partial charge on any atom is -0.493 e. The first-order valence-electron chi connectivity index (χ1n) is 5.78. The Bertz CT molecular complexity index is 384. The van der Waals surface area contributed by atoms with Crippen molar-refractivity contribution < 1.29 is 9.47 Å². The van der Waals surface area contributed by atoms with Gasteiger partial charge in [-0.05, 0) is 6.42 Å². The van der Waals surface area contributed by atoms with Gasteiger partial charge < -0.3 is 15.2 Å². The topological polar surface area (TPSA) is 60.6 Å². The molecule has 2 N–H and O–H groups in total. The fourth-order valence-corrected chi connectivity index (χ4v) is 2.18. The summed E-state index contributed by atoms with van der Waals surface area (Å²) in [6, 6.07) is 2.09. The number of rotatable bonds is 4. The summed E-state index contributed by atoms with van der Waals surface area (Å²) in [6.45, 7) is 2.69. The lowest BCUT2D eigenvalue weighted by atomic mass is 10.3. The molecule has 1 aliphatic rings.